The molecule has 0 fully saturated rings. The van der Waals surface area contributed by atoms with Crippen molar-refractivity contribution in [1.82, 2.24) is 4.98 Å². The van der Waals surface area contributed by atoms with Gasteiger partial charge in [0.1, 0.15) is 0 Å². The summed E-state index contributed by atoms with van der Waals surface area (Å²) >= 11 is 0. The predicted octanol–water partition coefficient (Wildman–Crippen LogP) is 2.72. The second kappa shape index (κ2) is 4.00. The van der Waals surface area contributed by atoms with Crippen LogP contribution < -0.4 is 11.1 Å². The average Bonchev–Trinajstić information content (AvgIpc) is 2.22. The van der Waals surface area contributed by atoms with Gasteiger partial charge in [0.05, 0.1) is 11.4 Å². The summed E-state index contributed by atoms with van der Waals surface area (Å²) in [5, 5.41) is 3.25. The number of nitrogen functional groups attached to an aromatic ring is 1. The Bertz CT molecular complexity index is 466. The van der Waals surface area contributed by atoms with E-state index in [0.29, 0.717) is 0 Å². The molecular weight excluding hydrogens is 186 g/mol. The molecule has 2 aromatic rings. The van der Waals surface area contributed by atoms with Crippen LogP contribution in [0.15, 0.2) is 42.6 Å². The first-order valence-corrected chi connectivity index (χ1v) is 4.80. The van der Waals surface area contributed by atoms with E-state index in [0.717, 1.165) is 22.8 Å². The molecule has 3 nitrogen and oxygen atoms in total. The summed E-state index contributed by atoms with van der Waals surface area (Å²) in [4.78, 5) is 4.13. The van der Waals surface area contributed by atoms with Crippen LogP contribution in [-0.4, -0.2) is 4.98 Å². The second-order valence-corrected chi connectivity index (χ2v) is 3.40. The molecule has 76 valence electrons. The third-order valence-corrected chi connectivity index (χ3v) is 2.14. The van der Waals surface area contributed by atoms with Crippen LogP contribution in [0.4, 0.5) is 17.1 Å². The van der Waals surface area contributed by atoms with Crippen molar-refractivity contribution in [3.05, 3.63) is 48.3 Å². The molecule has 3 N–H and O–H groups in total. The number of hydrogen-bond acceptors (Lipinski definition) is 3. The number of rotatable bonds is 2. The van der Waals surface area contributed by atoms with Gasteiger partial charge in [-0.3, -0.25) is 4.98 Å². The number of aryl methyl sites for hydroxylation is 1. The van der Waals surface area contributed by atoms with Crippen LogP contribution in [0.2, 0.25) is 0 Å². The summed E-state index contributed by atoms with van der Waals surface area (Å²) in [5.74, 6) is 0. The number of para-hydroxylation sites is 2. The Hall–Kier alpha value is -2.03. The van der Waals surface area contributed by atoms with Gasteiger partial charge in [0, 0.05) is 17.6 Å². The number of benzene rings is 1. The number of nitrogens with zero attached hydrogens (tertiary/aromatic N) is 1. The molecule has 0 radical (unpaired) electrons. The molecule has 0 amide bonds. The maximum atomic E-state index is 5.83. The molecule has 15 heavy (non-hydrogen) atoms. The Kier molecular flexibility index (Phi) is 2.54. The van der Waals surface area contributed by atoms with E-state index in [9.17, 15) is 0 Å². The lowest BCUT2D eigenvalue weighted by Crippen LogP contribution is -1.96. The molecule has 0 spiro atoms. The van der Waals surface area contributed by atoms with Gasteiger partial charge in [-0.1, -0.05) is 12.1 Å². The van der Waals surface area contributed by atoms with E-state index < -0.39 is 0 Å². The first kappa shape index (κ1) is 9.52. The zero-order valence-corrected chi connectivity index (χ0v) is 8.57. The molecule has 0 bridgehead atoms. The number of nitrogens with two attached hydrogens (primary N) is 1. The average molecular weight is 199 g/mol. The molecular formula is C12H13N3. The molecule has 0 aliphatic carbocycles. The highest BCUT2D eigenvalue weighted by atomic mass is 14.9. The number of hydrogen-bond donors (Lipinski definition) is 2. The standard InChI is InChI=1S/C12H13N3/c1-9-8-10(6-7-14-9)15-12-5-3-2-4-11(12)13/h2-8H,13H2,1H3,(H,14,15). The van der Waals surface area contributed by atoms with Crippen LogP contribution in [0, 0.1) is 6.92 Å². The highest BCUT2D eigenvalue weighted by molar-refractivity contribution is 5.72. The maximum absolute atomic E-state index is 5.83. The molecule has 0 saturated heterocycles. The lowest BCUT2D eigenvalue weighted by Gasteiger charge is -2.08. The first-order chi connectivity index (χ1) is 7.25. The van der Waals surface area contributed by atoms with Crippen molar-refractivity contribution in [3.8, 4) is 0 Å². The maximum Gasteiger partial charge on any atom is 0.0617 e. The van der Waals surface area contributed by atoms with Crippen molar-refractivity contribution in [3.63, 3.8) is 0 Å². The summed E-state index contributed by atoms with van der Waals surface area (Å²) in [6.07, 6.45) is 1.77. The Morgan fingerprint density at radius 3 is 2.73 bits per heavy atom. The molecule has 0 aliphatic heterocycles. The van der Waals surface area contributed by atoms with Crippen LogP contribution in [0.1, 0.15) is 5.69 Å². The van der Waals surface area contributed by atoms with Gasteiger partial charge in [-0.15, -0.1) is 0 Å². The van der Waals surface area contributed by atoms with Gasteiger partial charge in [0.25, 0.3) is 0 Å². The summed E-state index contributed by atoms with van der Waals surface area (Å²) in [6.45, 7) is 1.96. The Balaban J connectivity index is 2.26. The highest BCUT2D eigenvalue weighted by Crippen LogP contribution is 2.22. The third-order valence-electron chi connectivity index (χ3n) is 2.14. The number of pyridine rings is 1. The molecule has 3 heteroatoms. The molecule has 0 saturated carbocycles. The second-order valence-electron chi connectivity index (χ2n) is 3.40. The summed E-state index contributed by atoms with van der Waals surface area (Å²) in [5.41, 5.74) is 9.47. The van der Waals surface area contributed by atoms with Crippen LogP contribution in [0.3, 0.4) is 0 Å². The Morgan fingerprint density at radius 2 is 2.00 bits per heavy atom. The summed E-state index contributed by atoms with van der Waals surface area (Å²) in [7, 11) is 0. The lowest BCUT2D eigenvalue weighted by molar-refractivity contribution is 1.20. The van der Waals surface area contributed by atoms with Crippen LogP contribution in [0.5, 0.6) is 0 Å². The fourth-order valence-electron chi connectivity index (χ4n) is 1.39. The van der Waals surface area contributed by atoms with E-state index in [1.54, 1.807) is 6.20 Å². The normalized spacial score (nSPS) is 9.93. The van der Waals surface area contributed by atoms with Crippen LogP contribution >= 0.6 is 0 Å². The smallest absolute Gasteiger partial charge is 0.0617 e. The molecule has 0 atom stereocenters. The van der Waals surface area contributed by atoms with Crippen molar-refractivity contribution < 1.29 is 0 Å². The minimum Gasteiger partial charge on any atom is -0.397 e. The largest absolute Gasteiger partial charge is 0.397 e. The summed E-state index contributed by atoms with van der Waals surface area (Å²) < 4.78 is 0. The van der Waals surface area contributed by atoms with Gasteiger partial charge in [-0.2, -0.15) is 0 Å². The van der Waals surface area contributed by atoms with E-state index in [4.69, 9.17) is 5.73 Å². The molecule has 0 aliphatic rings. The SMILES string of the molecule is Cc1cc(Nc2ccccc2N)ccn1. The molecule has 1 aromatic carbocycles. The van der Waals surface area contributed by atoms with Crippen molar-refractivity contribution in [1.29, 1.82) is 0 Å². The Morgan fingerprint density at radius 1 is 1.20 bits per heavy atom. The van der Waals surface area contributed by atoms with Gasteiger partial charge >= 0.3 is 0 Å². The summed E-state index contributed by atoms with van der Waals surface area (Å²) in [6, 6.07) is 11.6. The topological polar surface area (TPSA) is 50.9 Å². The molecule has 0 unspecified atom stereocenters. The van der Waals surface area contributed by atoms with E-state index >= 15 is 0 Å². The van der Waals surface area contributed by atoms with Crippen molar-refractivity contribution in [2.45, 2.75) is 6.92 Å². The highest BCUT2D eigenvalue weighted by Gasteiger charge is 1.98. The first-order valence-electron chi connectivity index (χ1n) is 4.80. The van der Waals surface area contributed by atoms with Crippen molar-refractivity contribution >= 4 is 17.1 Å². The van der Waals surface area contributed by atoms with Crippen molar-refractivity contribution in [2.75, 3.05) is 11.1 Å². The van der Waals surface area contributed by atoms with Gasteiger partial charge in [-0.25, -0.2) is 0 Å². The minimum absolute atomic E-state index is 0.743. The van der Waals surface area contributed by atoms with E-state index in [2.05, 4.69) is 10.3 Å². The van der Waals surface area contributed by atoms with Crippen molar-refractivity contribution in [2.24, 2.45) is 0 Å². The molecule has 1 heterocycles. The zero-order valence-electron chi connectivity index (χ0n) is 8.57. The van der Waals surface area contributed by atoms with E-state index in [-0.39, 0.29) is 0 Å². The van der Waals surface area contributed by atoms with Gasteiger partial charge in [0.2, 0.25) is 0 Å². The number of nitrogens with one attached hydrogen (secondary N) is 1. The quantitative estimate of drug-likeness (QED) is 0.731. The van der Waals surface area contributed by atoms with Gasteiger partial charge in [0.15, 0.2) is 0 Å². The van der Waals surface area contributed by atoms with E-state index in [1.165, 1.54) is 0 Å². The van der Waals surface area contributed by atoms with E-state index in [1.807, 2.05) is 43.3 Å². The monoisotopic (exact) mass is 199 g/mol. The number of aromatic nitrogens is 1. The van der Waals surface area contributed by atoms with Crippen LogP contribution in [0.25, 0.3) is 0 Å². The number of anilines is 3. The van der Waals surface area contributed by atoms with Gasteiger partial charge in [-0.05, 0) is 31.2 Å². The fourth-order valence-corrected chi connectivity index (χ4v) is 1.39. The zero-order chi connectivity index (χ0) is 10.7. The minimum atomic E-state index is 0.743. The van der Waals surface area contributed by atoms with Crippen LogP contribution in [-0.2, 0) is 0 Å². The predicted molar refractivity (Wildman–Crippen MR) is 63.1 cm³/mol. The van der Waals surface area contributed by atoms with Gasteiger partial charge < -0.3 is 11.1 Å². The fraction of sp³-hybridized carbons (Fsp3) is 0.0833. The third kappa shape index (κ3) is 2.26. The molecule has 2 rings (SSSR count). The molecule has 1 aromatic heterocycles. The Labute approximate surface area is 89.0 Å². The lowest BCUT2D eigenvalue weighted by atomic mass is 10.2.